The molecule has 1 aliphatic heterocycles. The fourth-order valence-electron chi connectivity index (χ4n) is 3.67. The summed E-state index contributed by atoms with van der Waals surface area (Å²) in [6.45, 7) is 12.0. The zero-order chi connectivity index (χ0) is 18.0. The minimum atomic E-state index is -0.124. The second-order valence-electron chi connectivity index (χ2n) is 6.97. The van der Waals surface area contributed by atoms with E-state index in [2.05, 4.69) is 48.1 Å². The molecule has 1 fully saturated rings. The quantitative estimate of drug-likeness (QED) is 0.878. The average Bonchev–Trinajstić information content (AvgIpc) is 2.95. The van der Waals surface area contributed by atoms with Crippen molar-refractivity contribution in [1.82, 2.24) is 15.2 Å². The van der Waals surface area contributed by atoms with Crippen LogP contribution in [0.5, 0.6) is 0 Å². The van der Waals surface area contributed by atoms with Crippen LogP contribution in [-0.2, 0) is 22.5 Å². The molecule has 0 radical (unpaired) electrons. The van der Waals surface area contributed by atoms with Gasteiger partial charge in [-0.15, -0.1) is 0 Å². The highest BCUT2D eigenvalue weighted by Gasteiger charge is 2.23. The van der Waals surface area contributed by atoms with E-state index in [0.29, 0.717) is 19.8 Å². The largest absolute Gasteiger partial charge is 0.379 e. The van der Waals surface area contributed by atoms with Crippen LogP contribution in [0.3, 0.4) is 0 Å². The van der Waals surface area contributed by atoms with Gasteiger partial charge in [-0.1, -0.05) is 18.6 Å². The molecule has 0 aliphatic carbocycles. The maximum Gasteiger partial charge on any atom is 0.237 e. The summed E-state index contributed by atoms with van der Waals surface area (Å²) in [4.78, 5) is 18.3. The van der Waals surface area contributed by atoms with Gasteiger partial charge in [0.1, 0.15) is 0 Å². The molecule has 2 heterocycles. The topological polar surface area (TPSA) is 57.4 Å². The van der Waals surface area contributed by atoms with Crippen LogP contribution in [0, 0.1) is 13.8 Å². The number of carbonyl (C=O) groups is 1. The molecule has 1 aromatic carbocycles. The van der Waals surface area contributed by atoms with Gasteiger partial charge in [0, 0.05) is 30.7 Å². The van der Waals surface area contributed by atoms with Crippen molar-refractivity contribution >= 4 is 16.8 Å². The molecule has 1 unspecified atom stereocenters. The third-order valence-electron chi connectivity index (χ3n) is 5.28. The predicted octanol–water partition coefficient (Wildman–Crippen LogP) is 2.68. The summed E-state index contributed by atoms with van der Waals surface area (Å²) >= 11 is 0. The number of nitrogens with zero attached hydrogens (tertiary/aromatic N) is 1. The van der Waals surface area contributed by atoms with Crippen molar-refractivity contribution in [1.29, 1.82) is 0 Å². The van der Waals surface area contributed by atoms with E-state index in [1.807, 2.05) is 6.92 Å². The van der Waals surface area contributed by atoms with Crippen LogP contribution in [0.25, 0.3) is 10.9 Å². The molecule has 5 nitrogen and oxygen atoms in total. The number of nitrogens with one attached hydrogen (secondary N) is 2. The Kier molecular flexibility index (Phi) is 5.45. The van der Waals surface area contributed by atoms with Crippen molar-refractivity contribution in [3.63, 3.8) is 0 Å². The van der Waals surface area contributed by atoms with E-state index in [0.717, 1.165) is 30.6 Å². The van der Waals surface area contributed by atoms with Gasteiger partial charge in [0.15, 0.2) is 0 Å². The Bertz CT molecular complexity index is 760. The fraction of sp³-hybridized carbons (Fsp3) is 0.550. The first kappa shape index (κ1) is 18.0. The lowest BCUT2D eigenvalue weighted by Gasteiger charge is -2.31. The zero-order valence-corrected chi connectivity index (χ0v) is 15.7. The third-order valence-corrected chi connectivity index (χ3v) is 5.28. The Hall–Kier alpha value is -1.85. The molecule has 5 heteroatoms. The molecule has 0 bridgehead atoms. The van der Waals surface area contributed by atoms with Gasteiger partial charge < -0.3 is 15.0 Å². The summed E-state index contributed by atoms with van der Waals surface area (Å²) in [5.41, 5.74) is 6.12. The number of carbonyl (C=O) groups excluding carboxylic acids is 1. The summed E-state index contributed by atoms with van der Waals surface area (Å²) in [5.74, 6) is 0.0792. The van der Waals surface area contributed by atoms with Crippen molar-refractivity contribution in [2.45, 2.75) is 46.7 Å². The van der Waals surface area contributed by atoms with Crippen molar-refractivity contribution in [3.05, 3.63) is 34.5 Å². The van der Waals surface area contributed by atoms with Crippen LogP contribution in [0.4, 0.5) is 0 Å². The summed E-state index contributed by atoms with van der Waals surface area (Å²) in [5, 5.41) is 4.39. The molecule has 3 rings (SSSR count). The van der Waals surface area contributed by atoms with Crippen LogP contribution < -0.4 is 5.32 Å². The Morgan fingerprint density at radius 3 is 2.72 bits per heavy atom. The van der Waals surface area contributed by atoms with Crippen molar-refractivity contribution in [2.24, 2.45) is 0 Å². The number of benzene rings is 1. The first-order valence-corrected chi connectivity index (χ1v) is 9.21. The van der Waals surface area contributed by atoms with E-state index < -0.39 is 0 Å². The second-order valence-corrected chi connectivity index (χ2v) is 6.97. The molecule has 1 amide bonds. The lowest BCUT2D eigenvalue weighted by molar-refractivity contribution is -0.127. The molecular formula is C20H29N3O2. The molecule has 1 saturated heterocycles. The number of morpholine rings is 1. The standard InChI is InChI=1S/C20H29N3O2/c1-5-18-14(3)17-11-13(2)10-16(19(17)22-18)12-21-20(24)15(4)23-6-8-25-9-7-23/h10-11,15,22H,5-9,12H2,1-4H3,(H,21,24). The summed E-state index contributed by atoms with van der Waals surface area (Å²) in [6.07, 6.45) is 0.986. The first-order chi connectivity index (χ1) is 12.0. The highest BCUT2D eigenvalue weighted by atomic mass is 16.5. The third kappa shape index (κ3) is 3.72. The van der Waals surface area contributed by atoms with Crippen LogP contribution in [0.15, 0.2) is 12.1 Å². The van der Waals surface area contributed by atoms with Crippen LogP contribution in [-0.4, -0.2) is 48.1 Å². The number of aryl methyl sites for hydroxylation is 3. The minimum absolute atomic E-state index is 0.0792. The predicted molar refractivity (Wildman–Crippen MR) is 101 cm³/mol. The number of ether oxygens (including phenoxy) is 1. The molecular weight excluding hydrogens is 314 g/mol. The number of hydrogen-bond acceptors (Lipinski definition) is 3. The molecule has 136 valence electrons. The summed E-state index contributed by atoms with van der Waals surface area (Å²) in [6, 6.07) is 4.26. The van der Waals surface area contributed by atoms with E-state index in [1.54, 1.807) is 0 Å². The Morgan fingerprint density at radius 2 is 2.04 bits per heavy atom. The van der Waals surface area contributed by atoms with Gasteiger partial charge in [-0.3, -0.25) is 9.69 Å². The highest BCUT2D eigenvalue weighted by Crippen LogP contribution is 2.26. The molecule has 1 aromatic heterocycles. The molecule has 0 spiro atoms. The van der Waals surface area contributed by atoms with Gasteiger partial charge in [0.25, 0.3) is 0 Å². The number of aromatic nitrogens is 1. The van der Waals surface area contributed by atoms with E-state index in [9.17, 15) is 4.79 Å². The fourth-order valence-corrected chi connectivity index (χ4v) is 3.67. The van der Waals surface area contributed by atoms with Crippen molar-refractivity contribution in [3.8, 4) is 0 Å². The maximum absolute atomic E-state index is 12.6. The Morgan fingerprint density at radius 1 is 1.32 bits per heavy atom. The van der Waals surface area contributed by atoms with Gasteiger partial charge in [0.05, 0.1) is 24.8 Å². The molecule has 1 aliphatic rings. The lowest BCUT2D eigenvalue weighted by Crippen LogP contribution is -2.49. The summed E-state index contributed by atoms with van der Waals surface area (Å²) < 4.78 is 5.37. The van der Waals surface area contributed by atoms with E-state index >= 15 is 0 Å². The molecule has 2 aromatic rings. The van der Waals surface area contributed by atoms with Crippen molar-refractivity contribution in [2.75, 3.05) is 26.3 Å². The number of aromatic amines is 1. The molecule has 2 N–H and O–H groups in total. The minimum Gasteiger partial charge on any atom is -0.379 e. The van der Waals surface area contributed by atoms with Gasteiger partial charge in [-0.05, 0) is 44.4 Å². The SMILES string of the molecule is CCc1[nH]c2c(CNC(=O)C(C)N3CCOCC3)cc(C)cc2c1C. The van der Waals surface area contributed by atoms with Crippen LogP contribution in [0.1, 0.15) is 36.2 Å². The maximum atomic E-state index is 12.6. The lowest BCUT2D eigenvalue weighted by atomic mass is 10.0. The van der Waals surface area contributed by atoms with Crippen LogP contribution in [0.2, 0.25) is 0 Å². The number of amides is 1. The number of fused-ring (bicyclic) bond motifs is 1. The zero-order valence-electron chi connectivity index (χ0n) is 15.7. The Labute approximate surface area is 149 Å². The highest BCUT2D eigenvalue weighted by molar-refractivity contribution is 5.88. The smallest absolute Gasteiger partial charge is 0.237 e. The van der Waals surface area contributed by atoms with Gasteiger partial charge in [-0.2, -0.15) is 0 Å². The van der Waals surface area contributed by atoms with E-state index in [-0.39, 0.29) is 11.9 Å². The second kappa shape index (κ2) is 7.58. The average molecular weight is 343 g/mol. The monoisotopic (exact) mass is 343 g/mol. The number of hydrogen-bond donors (Lipinski definition) is 2. The van der Waals surface area contributed by atoms with E-state index in [4.69, 9.17) is 4.74 Å². The van der Waals surface area contributed by atoms with Gasteiger partial charge >= 0.3 is 0 Å². The normalized spacial score (nSPS) is 17.0. The number of rotatable bonds is 5. The molecule has 1 atom stereocenters. The first-order valence-electron chi connectivity index (χ1n) is 9.21. The Balaban J connectivity index is 1.75. The molecule has 25 heavy (non-hydrogen) atoms. The van der Waals surface area contributed by atoms with Crippen LogP contribution >= 0.6 is 0 Å². The van der Waals surface area contributed by atoms with Gasteiger partial charge in [0.2, 0.25) is 5.91 Å². The number of H-pyrrole nitrogens is 1. The molecule has 0 saturated carbocycles. The summed E-state index contributed by atoms with van der Waals surface area (Å²) in [7, 11) is 0. The van der Waals surface area contributed by atoms with Crippen molar-refractivity contribution < 1.29 is 9.53 Å². The van der Waals surface area contributed by atoms with E-state index in [1.165, 1.54) is 22.2 Å². The van der Waals surface area contributed by atoms with Gasteiger partial charge in [-0.25, -0.2) is 0 Å².